The summed E-state index contributed by atoms with van der Waals surface area (Å²) >= 11 is 0. The topological polar surface area (TPSA) is 29.5 Å². The molecular weight excluding hydrogens is 382 g/mol. The highest BCUT2D eigenvalue weighted by Gasteiger charge is 2.48. The third-order valence-electron chi connectivity index (χ3n) is 7.75. The summed E-state index contributed by atoms with van der Waals surface area (Å²) in [6.07, 6.45) is 2.73. The lowest BCUT2D eigenvalue weighted by Crippen LogP contribution is -2.23. The van der Waals surface area contributed by atoms with Crippen LogP contribution in [0.1, 0.15) is 38.2 Å². The molecule has 5 rings (SSSR count). The number of carbonyl (C=O) groups excluding carboxylic acids is 1. The van der Waals surface area contributed by atoms with E-state index in [2.05, 4.69) is 55.1 Å². The van der Waals surface area contributed by atoms with Gasteiger partial charge in [-0.1, -0.05) is 50.2 Å². The number of rotatable bonds is 6. The molecule has 0 radical (unpaired) electrons. The van der Waals surface area contributed by atoms with E-state index in [4.69, 9.17) is 4.74 Å². The maximum Gasteiger partial charge on any atom is 0.298 e. The third kappa shape index (κ3) is 3.63. The monoisotopic (exact) mass is 411 g/mol. The van der Waals surface area contributed by atoms with Gasteiger partial charge in [0.2, 0.25) is 0 Å². The van der Waals surface area contributed by atoms with Gasteiger partial charge in [0, 0.05) is 23.1 Å². The molecule has 2 bridgehead atoms. The molecule has 0 amide bonds. The van der Waals surface area contributed by atoms with Crippen LogP contribution in [0.25, 0.3) is 0 Å². The first kappa shape index (κ1) is 19.9. The normalized spacial score (nSPS) is 26.6. The first-order valence-electron chi connectivity index (χ1n) is 11.3. The largest absolute Gasteiger partial charge is 0.429 e. The number of nitrogens with zero attached hydrogens (tertiary/aromatic N) is 1. The Hall–Kier alpha value is -3.07. The molecule has 5 unspecified atom stereocenters. The average molecular weight is 412 g/mol. The summed E-state index contributed by atoms with van der Waals surface area (Å²) < 4.78 is 5.09. The number of carbonyl (C=O) groups is 1. The van der Waals surface area contributed by atoms with Gasteiger partial charge >= 0.3 is 0 Å². The Labute approximate surface area is 184 Å². The van der Waals surface area contributed by atoms with Crippen molar-refractivity contribution in [3.63, 3.8) is 0 Å². The fraction of sp³-hybridized carbons (Fsp3) is 0.321. The Morgan fingerprint density at radius 1 is 0.806 bits per heavy atom. The standard InChI is InChI=1S/C28H29NO2/c1-19-20(2)27-15-22(19)16-28(27)21-11-13-24(14-12-21)29(23-7-4-3-5-8-23)25-9-6-10-26(17-25)31-18-30/h3-14,17-20,22,27-28H,15-16H2,1-2H3. The number of ether oxygens (including phenoxy) is 1. The molecule has 0 aliphatic heterocycles. The minimum Gasteiger partial charge on any atom is -0.429 e. The lowest BCUT2D eigenvalue weighted by atomic mass is 9.73. The smallest absolute Gasteiger partial charge is 0.298 e. The second-order valence-electron chi connectivity index (χ2n) is 9.19. The van der Waals surface area contributed by atoms with Crippen LogP contribution in [0.15, 0.2) is 78.9 Å². The quantitative estimate of drug-likeness (QED) is 0.406. The van der Waals surface area contributed by atoms with Crippen molar-refractivity contribution in [1.82, 2.24) is 0 Å². The highest BCUT2D eigenvalue weighted by Crippen LogP contribution is 2.58. The molecule has 5 atom stereocenters. The molecule has 0 aromatic heterocycles. The van der Waals surface area contributed by atoms with Gasteiger partial charge in [0.1, 0.15) is 5.75 Å². The van der Waals surface area contributed by atoms with Crippen LogP contribution in [0, 0.1) is 23.7 Å². The van der Waals surface area contributed by atoms with Crippen LogP contribution in [-0.4, -0.2) is 6.47 Å². The van der Waals surface area contributed by atoms with Gasteiger partial charge in [0.05, 0.1) is 0 Å². The lowest BCUT2D eigenvalue weighted by Gasteiger charge is -2.32. The Balaban J connectivity index is 1.48. The molecule has 0 saturated heterocycles. The molecule has 2 saturated carbocycles. The molecule has 2 fully saturated rings. The number of benzene rings is 3. The summed E-state index contributed by atoms with van der Waals surface area (Å²) in [6, 6.07) is 27.0. The fourth-order valence-corrected chi connectivity index (χ4v) is 5.97. The zero-order valence-electron chi connectivity index (χ0n) is 18.1. The number of hydrogen-bond acceptors (Lipinski definition) is 3. The molecule has 3 nitrogen and oxygen atoms in total. The van der Waals surface area contributed by atoms with Crippen molar-refractivity contribution < 1.29 is 9.53 Å². The van der Waals surface area contributed by atoms with E-state index in [9.17, 15) is 4.79 Å². The van der Waals surface area contributed by atoms with E-state index >= 15 is 0 Å². The summed E-state index contributed by atoms with van der Waals surface area (Å²) in [6.45, 7) is 5.36. The molecule has 2 aliphatic carbocycles. The van der Waals surface area contributed by atoms with E-state index in [1.807, 2.05) is 36.4 Å². The van der Waals surface area contributed by atoms with Gasteiger partial charge in [-0.05, 0) is 84.4 Å². The molecule has 0 spiro atoms. The van der Waals surface area contributed by atoms with E-state index in [0.29, 0.717) is 18.1 Å². The van der Waals surface area contributed by atoms with E-state index in [-0.39, 0.29) is 0 Å². The summed E-state index contributed by atoms with van der Waals surface area (Å²) in [5.74, 6) is 4.65. The van der Waals surface area contributed by atoms with Gasteiger partial charge in [0.15, 0.2) is 0 Å². The first-order chi connectivity index (χ1) is 15.2. The van der Waals surface area contributed by atoms with Crippen molar-refractivity contribution in [3.8, 4) is 5.75 Å². The van der Waals surface area contributed by atoms with Crippen LogP contribution < -0.4 is 9.64 Å². The van der Waals surface area contributed by atoms with Gasteiger partial charge < -0.3 is 9.64 Å². The van der Waals surface area contributed by atoms with E-state index in [1.54, 1.807) is 6.07 Å². The van der Waals surface area contributed by atoms with Crippen LogP contribution in [0.2, 0.25) is 0 Å². The zero-order chi connectivity index (χ0) is 21.4. The molecule has 0 N–H and O–H groups in total. The minimum atomic E-state index is 0.470. The van der Waals surface area contributed by atoms with E-state index in [1.165, 1.54) is 18.4 Å². The summed E-state index contributed by atoms with van der Waals surface area (Å²) in [5, 5.41) is 0. The molecule has 158 valence electrons. The van der Waals surface area contributed by atoms with Gasteiger partial charge in [-0.25, -0.2) is 0 Å². The Morgan fingerprint density at radius 3 is 2.19 bits per heavy atom. The maximum absolute atomic E-state index is 10.8. The molecule has 3 heteroatoms. The van der Waals surface area contributed by atoms with Crippen molar-refractivity contribution in [2.75, 3.05) is 4.90 Å². The van der Waals surface area contributed by atoms with Crippen LogP contribution in [-0.2, 0) is 4.79 Å². The first-order valence-corrected chi connectivity index (χ1v) is 11.3. The third-order valence-corrected chi connectivity index (χ3v) is 7.75. The average Bonchev–Trinajstić information content (AvgIpc) is 3.36. The molecule has 3 aromatic rings. The molecular formula is C28H29NO2. The lowest BCUT2D eigenvalue weighted by molar-refractivity contribution is -0.120. The Morgan fingerprint density at radius 2 is 1.52 bits per heavy atom. The number of fused-ring (bicyclic) bond motifs is 2. The zero-order valence-corrected chi connectivity index (χ0v) is 18.1. The van der Waals surface area contributed by atoms with Crippen molar-refractivity contribution in [1.29, 1.82) is 0 Å². The molecule has 2 aliphatic rings. The summed E-state index contributed by atoms with van der Waals surface area (Å²) in [4.78, 5) is 13.0. The van der Waals surface area contributed by atoms with Gasteiger partial charge in [0.25, 0.3) is 6.47 Å². The maximum atomic E-state index is 10.8. The van der Waals surface area contributed by atoms with Crippen LogP contribution >= 0.6 is 0 Å². The number of hydrogen-bond donors (Lipinski definition) is 0. The molecule has 3 aromatic carbocycles. The Bertz CT molecular complexity index is 1040. The summed E-state index contributed by atoms with van der Waals surface area (Å²) in [7, 11) is 0. The predicted molar refractivity (Wildman–Crippen MR) is 125 cm³/mol. The van der Waals surface area contributed by atoms with Crippen molar-refractivity contribution >= 4 is 23.5 Å². The SMILES string of the molecule is CC1C2CC(c3ccc(N(c4ccccc4)c4cccc(OC=O)c4)cc3)C(C2)C1C. The van der Waals surface area contributed by atoms with Crippen LogP contribution in [0.3, 0.4) is 0 Å². The van der Waals surface area contributed by atoms with Gasteiger partial charge in [-0.15, -0.1) is 0 Å². The van der Waals surface area contributed by atoms with E-state index in [0.717, 1.165) is 40.7 Å². The second-order valence-corrected chi connectivity index (χ2v) is 9.19. The highest BCUT2D eigenvalue weighted by molar-refractivity contribution is 5.77. The number of anilines is 3. The summed E-state index contributed by atoms with van der Waals surface area (Å²) in [5.41, 5.74) is 4.60. The molecule has 0 heterocycles. The van der Waals surface area contributed by atoms with Gasteiger partial charge in [-0.3, -0.25) is 4.79 Å². The van der Waals surface area contributed by atoms with Crippen LogP contribution in [0.5, 0.6) is 5.75 Å². The van der Waals surface area contributed by atoms with Crippen molar-refractivity contribution in [2.45, 2.75) is 32.6 Å². The van der Waals surface area contributed by atoms with Gasteiger partial charge in [-0.2, -0.15) is 0 Å². The van der Waals surface area contributed by atoms with E-state index < -0.39 is 0 Å². The fourth-order valence-electron chi connectivity index (χ4n) is 5.97. The second kappa shape index (κ2) is 8.22. The highest BCUT2D eigenvalue weighted by atomic mass is 16.5. The Kier molecular flexibility index (Phi) is 5.27. The van der Waals surface area contributed by atoms with Crippen molar-refractivity contribution in [2.24, 2.45) is 23.7 Å². The van der Waals surface area contributed by atoms with Crippen LogP contribution in [0.4, 0.5) is 17.1 Å². The predicted octanol–water partition coefficient (Wildman–Crippen LogP) is 7.09. The minimum absolute atomic E-state index is 0.470. The van der Waals surface area contributed by atoms with Crippen molar-refractivity contribution in [3.05, 3.63) is 84.4 Å². The number of para-hydroxylation sites is 1. The molecule has 31 heavy (non-hydrogen) atoms.